The molecule has 0 unspecified atom stereocenters. The molecular weight excluding hydrogens is 420 g/mol. The minimum atomic E-state index is -0.495. The average molecular weight is 449 g/mol. The fourth-order valence-corrected chi connectivity index (χ4v) is 4.70. The first-order valence-electron chi connectivity index (χ1n) is 11.5. The Morgan fingerprint density at radius 1 is 1.03 bits per heavy atom. The Labute approximate surface area is 192 Å². The van der Waals surface area contributed by atoms with Gasteiger partial charge in [-0.25, -0.2) is 0 Å². The molecule has 0 N–H and O–H groups in total. The maximum absolute atomic E-state index is 13.6. The largest absolute Gasteiger partial charge is 0.494 e. The highest BCUT2D eigenvalue weighted by atomic mass is 16.5. The van der Waals surface area contributed by atoms with Crippen LogP contribution in [0.5, 0.6) is 5.75 Å². The fraction of sp³-hybridized carbons (Fsp3) is 0.385. The van der Waals surface area contributed by atoms with Crippen LogP contribution in [0.1, 0.15) is 40.2 Å². The molecule has 0 bridgehead atoms. The second-order valence-corrected chi connectivity index (χ2v) is 8.53. The summed E-state index contributed by atoms with van der Waals surface area (Å²) in [6.07, 6.45) is 0. The van der Waals surface area contributed by atoms with Crippen molar-refractivity contribution in [1.29, 1.82) is 0 Å². The number of ether oxygens (including phenoxy) is 2. The number of hydrogen-bond acceptors (Lipinski definition) is 6. The molecule has 1 fully saturated rings. The van der Waals surface area contributed by atoms with E-state index in [0.29, 0.717) is 49.4 Å². The molecule has 5 rings (SSSR count). The zero-order valence-corrected chi connectivity index (χ0v) is 19.0. The molecule has 0 saturated carbocycles. The van der Waals surface area contributed by atoms with Crippen molar-refractivity contribution >= 4 is 16.9 Å². The topological polar surface area (TPSA) is 72.2 Å². The summed E-state index contributed by atoms with van der Waals surface area (Å²) in [4.78, 5) is 31.2. The molecule has 1 aromatic heterocycles. The fourth-order valence-electron chi connectivity index (χ4n) is 4.70. The molecule has 3 aromatic rings. The molecule has 33 heavy (non-hydrogen) atoms. The van der Waals surface area contributed by atoms with Crippen LogP contribution in [0.15, 0.2) is 51.7 Å². The molecule has 0 spiro atoms. The van der Waals surface area contributed by atoms with E-state index in [1.165, 1.54) is 0 Å². The highest BCUT2D eigenvalue weighted by Gasteiger charge is 2.42. The van der Waals surface area contributed by atoms with E-state index in [1.807, 2.05) is 50.2 Å². The molecule has 0 aliphatic carbocycles. The van der Waals surface area contributed by atoms with Crippen molar-refractivity contribution in [3.05, 3.63) is 75.1 Å². The maximum atomic E-state index is 13.6. The molecule has 3 heterocycles. The summed E-state index contributed by atoms with van der Waals surface area (Å²) in [6.45, 7) is 8.72. The summed E-state index contributed by atoms with van der Waals surface area (Å²) in [7, 11) is 0. The summed E-state index contributed by atoms with van der Waals surface area (Å²) in [5.74, 6) is 0.667. The highest BCUT2D eigenvalue weighted by Crippen LogP contribution is 2.38. The number of benzene rings is 2. The zero-order chi connectivity index (χ0) is 22.9. The summed E-state index contributed by atoms with van der Waals surface area (Å²) < 4.78 is 17.1. The van der Waals surface area contributed by atoms with Gasteiger partial charge in [-0.2, -0.15) is 0 Å². The lowest BCUT2D eigenvalue weighted by atomic mass is 9.98. The smallest absolute Gasteiger partial charge is 0.290 e. The first-order valence-corrected chi connectivity index (χ1v) is 11.5. The van der Waals surface area contributed by atoms with E-state index in [9.17, 15) is 9.59 Å². The normalized spacial score (nSPS) is 18.7. The van der Waals surface area contributed by atoms with E-state index in [1.54, 1.807) is 11.0 Å². The number of hydrogen-bond donors (Lipinski definition) is 0. The summed E-state index contributed by atoms with van der Waals surface area (Å²) in [5, 5.41) is 0.507. The second kappa shape index (κ2) is 9.00. The second-order valence-electron chi connectivity index (χ2n) is 8.53. The number of fused-ring (bicyclic) bond motifs is 2. The maximum Gasteiger partial charge on any atom is 0.290 e. The van der Waals surface area contributed by atoms with Gasteiger partial charge in [0.05, 0.1) is 36.8 Å². The molecule has 172 valence electrons. The van der Waals surface area contributed by atoms with Gasteiger partial charge in [-0.05, 0) is 43.7 Å². The SMILES string of the molecule is CCOc1ccc([C@H]2c3c(oc4ccc(C)cc4c3=O)C(=O)N2CCN2CCOCC2)cc1. The monoisotopic (exact) mass is 448 g/mol. The summed E-state index contributed by atoms with van der Waals surface area (Å²) in [6, 6.07) is 12.6. The third-order valence-corrected chi connectivity index (χ3v) is 6.39. The van der Waals surface area contributed by atoms with Gasteiger partial charge >= 0.3 is 0 Å². The lowest BCUT2D eigenvalue weighted by Gasteiger charge is -2.31. The van der Waals surface area contributed by atoms with Crippen molar-refractivity contribution in [3.8, 4) is 5.75 Å². The van der Waals surface area contributed by atoms with Gasteiger partial charge in [0.2, 0.25) is 5.76 Å². The van der Waals surface area contributed by atoms with E-state index in [2.05, 4.69) is 4.90 Å². The Hall–Kier alpha value is -3.16. The van der Waals surface area contributed by atoms with Crippen molar-refractivity contribution in [2.45, 2.75) is 19.9 Å². The first kappa shape index (κ1) is 21.7. The number of carbonyl (C=O) groups excluding carboxylic acids is 1. The Kier molecular flexibility index (Phi) is 5.91. The number of nitrogens with zero attached hydrogens (tertiary/aromatic N) is 2. The molecule has 7 heteroatoms. The number of aryl methyl sites for hydroxylation is 1. The van der Waals surface area contributed by atoms with E-state index in [-0.39, 0.29) is 17.1 Å². The van der Waals surface area contributed by atoms with Crippen LogP contribution in [-0.2, 0) is 4.74 Å². The molecule has 0 radical (unpaired) electrons. The van der Waals surface area contributed by atoms with Crippen LogP contribution in [0.25, 0.3) is 11.0 Å². The van der Waals surface area contributed by atoms with Crippen molar-refractivity contribution in [1.82, 2.24) is 9.80 Å². The summed E-state index contributed by atoms with van der Waals surface area (Å²) in [5.41, 5.74) is 2.56. The standard InChI is InChI=1S/C26H28N2O5/c1-3-32-19-7-5-18(6-8-19)23-22-24(29)20-16-17(2)4-9-21(20)33-25(22)26(30)28(23)11-10-27-12-14-31-15-13-27/h4-9,16,23H,3,10-15H2,1-2H3/t23-/m0/s1. The quantitative estimate of drug-likeness (QED) is 0.576. The van der Waals surface area contributed by atoms with E-state index >= 15 is 0 Å². The van der Waals surface area contributed by atoms with Gasteiger partial charge < -0.3 is 18.8 Å². The van der Waals surface area contributed by atoms with Gasteiger partial charge in [0.25, 0.3) is 5.91 Å². The van der Waals surface area contributed by atoms with Gasteiger partial charge in [-0.3, -0.25) is 14.5 Å². The average Bonchev–Trinajstić information content (AvgIpc) is 3.11. The van der Waals surface area contributed by atoms with Crippen molar-refractivity contribution in [3.63, 3.8) is 0 Å². The van der Waals surface area contributed by atoms with Gasteiger partial charge in [0.1, 0.15) is 11.3 Å². The highest BCUT2D eigenvalue weighted by molar-refractivity contribution is 5.99. The van der Waals surface area contributed by atoms with Crippen LogP contribution in [0.3, 0.4) is 0 Å². The lowest BCUT2D eigenvalue weighted by molar-refractivity contribution is 0.0314. The van der Waals surface area contributed by atoms with Gasteiger partial charge in [-0.15, -0.1) is 0 Å². The zero-order valence-electron chi connectivity index (χ0n) is 19.0. The van der Waals surface area contributed by atoms with E-state index in [0.717, 1.165) is 30.0 Å². The Balaban J connectivity index is 1.58. The van der Waals surface area contributed by atoms with Gasteiger partial charge in [0, 0.05) is 26.2 Å². The number of carbonyl (C=O) groups is 1. The predicted molar refractivity (Wildman–Crippen MR) is 125 cm³/mol. The molecule has 2 aliphatic heterocycles. The number of amides is 1. The van der Waals surface area contributed by atoms with Gasteiger partial charge in [0.15, 0.2) is 5.43 Å². The predicted octanol–water partition coefficient (Wildman–Crippen LogP) is 3.38. The van der Waals surface area contributed by atoms with Crippen molar-refractivity contribution in [2.24, 2.45) is 0 Å². The van der Waals surface area contributed by atoms with Crippen molar-refractivity contribution in [2.75, 3.05) is 46.0 Å². The summed E-state index contributed by atoms with van der Waals surface area (Å²) >= 11 is 0. The van der Waals surface area contributed by atoms with Crippen LogP contribution >= 0.6 is 0 Å². The minimum Gasteiger partial charge on any atom is -0.494 e. The molecule has 7 nitrogen and oxygen atoms in total. The van der Waals surface area contributed by atoms with Crippen LogP contribution in [0.2, 0.25) is 0 Å². The van der Waals surface area contributed by atoms with E-state index in [4.69, 9.17) is 13.9 Å². The number of rotatable bonds is 6. The molecule has 2 aromatic carbocycles. The molecule has 1 saturated heterocycles. The molecule has 1 amide bonds. The lowest BCUT2D eigenvalue weighted by Crippen LogP contribution is -2.42. The van der Waals surface area contributed by atoms with Crippen molar-refractivity contribution < 1.29 is 18.7 Å². The van der Waals surface area contributed by atoms with Crippen LogP contribution in [0.4, 0.5) is 0 Å². The van der Waals surface area contributed by atoms with Crippen LogP contribution in [0, 0.1) is 6.92 Å². The van der Waals surface area contributed by atoms with Crippen LogP contribution in [-0.4, -0.2) is 61.7 Å². The van der Waals surface area contributed by atoms with Crippen LogP contribution < -0.4 is 10.2 Å². The molecule has 1 atom stereocenters. The Bertz CT molecular complexity index is 1230. The molecular formula is C26H28N2O5. The molecule has 2 aliphatic rings. The van der Waals surface area contributed by atoms with Gasteiger partial charge in [-0.1, -0.05) is 23.8 Å². The third-order valence-electron chi connectivity index (χ3n) is 6.39. The minimum absolute atomic E-state index is 0.143. The first-order chi connectivity index (χ1) is 16.1. The van der Waals surface area contributed by atoms with E-state index < -0.39 is 6.04 Å². The Morgan fingerprint density at radius 3 is 2.52 bits per heavy atom. The number of morpholine rings is 1. The third kappa shape index (κ3) is 4.03. The Morgan fingerprint density at radius 2 is 1.79 bits per heavy atom.